The molecule has 0 aliphatic heterocycles. The topological polar surface area (TPSA) is 43.1 Å². The first kappa shape index (κ1) is 12.3. The molecule has 3 aromatic heterocycles. The summed E-state index contributed by atoms with van der Waals surface area (Å²) in [6.45, 7) is 7.06. The Morgan fingerprint density at radius 2 is 2.15 bits per heavy atom. The Kier molecular flexibility index (Phi) is 2.46. The highest BCUT2D eigenvalue weighted by molar-refractivity contribution is 7.19. The van der Waals surface area contributed by atoms with Crippen molar-refractivity contribution in [3.63, 3.8) is 0 Å². The fourth-order valence-corrected chi connectivity index (χ4v) is 4.51. The second-order valence-corrected chi connectivity index (χ2v) is 7.88. The lowest BCUT2D eigenvalue weighted by Gasteiger charge is -2.33. The van der Waals surface area contributed by atoms with E-state index in [1.165, 1.54) is 28.7 Å². The molecule has 0 N–H and O–H groups in total. The van der Waals surface area contributed by atoms with E-state index in [1.54, 1.807) is 6.33 Å². The van der Waals surface area contributed by atoms with E-state index in [4.69, 9.17) is 0 Å². The minimum atomic E-state index is 0.380. The summed E-state index contributed by atoms with van der Waals surface area (Å²) < 4.78 is 1.92. The molecular weight excluding hydrogens is 268 g/mol. The van der Waals surface area contributed by atoms with Crippen LogP contribution in [0.15, 0.2) is 12.7 Å². The van der Waals surface area contributed by atoms with E-state index in [0.717, 1.165) is 22.8 Å². The second-order valence-electron chi connectivity index (χ2n) is 6.80. The number of rotatable bonds is 0. The van der Waals surface area contributed by atoms with Gasteiger partial charge in [-0.3, -0.25) is 4.40 Å². The Morgan fingerprint density at radius 3 is 2.95 bits per heavy atom. The molecule has 0 aromatic carbocycles. The number of hydrogen-bond acceptors (Lipinski definition) is 4. The van der Waals surface area contributed by atoms with Gasteiger partial charge in [0.25, 0.3) is 0 Å². The van der Waals surface area contributed by atoms with Crippen molar-refractivity contribution in [2.45, 2.75) is 40.0 Å². The molecule has 4 rings (SSSR count). The summed E-state index contributed by atoms with van der Waals surface area (Å²) in [5, 5.41) is 9.52. The highest BCUT2D eigenvalue weighted by Gasteiger charge is 2.31. The maximum Gasteiger partial charge on any atom is 0.172 e. The average Bonchev–Trinajstić information content (AvgIpc) is 2.99. The molecule has 0 radical (unpaired) electrons. The molecule has 0 saturated heterocycles. The molecule has 1 atom stereocenters. The maximum atomic E-state index is 4.58. The van der Waals surface area contributed by atoms with E-state index >= 15 is 0 Å². The third-order valence-corrected chi connectivity index (χ3v) is 5.73. The zero-order valence-electron chi connectivity index (χ0n) is 12.1. The van der Waals surface area contributed by atoms with Crippen molar-refractivity contribution in [3.8, 4) is 0 Å². The van der Waals surface area contributed by atoms with Crippen LogP contribution >= 0.6 is 11.3 Å². The standard InChI is InChI=1S/C15H18N4S/c1-15(2,3)9-4-5-10-11(6-9)20-14-12(10)13-18-17-8-19(13)7-16-14/h7-9H,4-6H2,1-3H3/t9-/m1/s1. The van der Waals surface area contributed by atoms with E-state index in [9.17, 15) is 0 Å². The van der Waals surface area contributed by atoms with E-state index in [-0.39, 0.29) is 0 Å². The van der Waals surface area contributed by atoms with Crippen LogP contribution in [0.2, 0.25) is 0 Å². The first-order valence-electron chi connectivity index (χ1n) is 7.12. The molecule has 0 unspecified atom stereocenters. The highest BCUT2D eigenvalue weighted by atomic mass is 32.1. The molecule has 0 amide bonds. The van der Waals surface area contributed by atoms with Gasteiger partial charge in [-0.1, -0.05) is 20.8 Å². The first-order chi connectivity index (χ1) is 9.54. The zero-order valence-corrected chi connectivity index (χ0v) is 12.9. The Balaban J connectivity index is 1.91. The normalized spacial score (nSPS) is 19.6. The predicted molar refractivity (Wildman–Crippen MR) is 81.1 cm³/mol. The molecular formula is C15H18N4S. The van der Waals surface area contributed by atoms with Crippen LogP contribution in [-0.4, -0.2) is 19.6 Å². The Hall–Kier alpha value is -1.49. The van der Waals surface area contributed by atoms with Crippen LogP contribution in [0.1, 0.15) is 37.6 Å². The molecule has 20 heavy (non-hydrogen) atoms. The fourth-order valence-electron chi connectivity index (χ4n) is 3.25. The molecule has 0 spiro atoms. The molecule has 104 valence electrons. The number of nitrogens with zero attached hydrogens (tertiary/aromatic N) is 4. The molecule has 1 aliphatic carbocycles. The summed E-state index contributed by atoms with van der Waals surface area (Å²) in [7, 11) is 0. The van der Waals surface area contributed by atoms with Crippen molar-refractivity contribution in [1.82, 2.24) is 19.6 Å². The minimum Gasteiger partial charge on any atom is -0.271 e. The Morgan fingerprint density at radius 1 is 1.30 bits per heavy atom. The first-order valence-corrected chi connectivity index (χ1v) is 7.94. The van der Waals surface area contributed by atoms with E-state index in [0.29, 0.717) is 5.41 Å². The molecule has 5 heteroatoms. The van der Waals surface area contributed by atoms with Crippen LogP contribution in [0.4, 0.5) is 0 Å². The molecule has 0 bridgehead atoms. The van der Waals surface area contributed by atoms with Crippen LogP contribution in [0.25, 0.3) is 15.9 Å². The molecule has 4 nitrogen and oxygen atoms in total. The van der Waals surface area contributed by atoms with Crippen molar-refractivity contribution in [1.29, 1.82) is 0 Å². The quantitative estimate of drug-likeness (QED) is 0.635. The van der Waals surface area contributed by atoms with E-state index in [1.807, 2.05) is 22.1 Å². The van der Waals surface area contributed by atoms with Crippen molar-refractivity contribution < 1.29 is 0 Å². The molecule has 3 heterocycles. The Labute approximate surface area is 121 Å². The number of hydrogen-bond donors (Lipinski definition) is 0. The van der Waals surface area contributed by atoms with Crippen molar-refractivity contribution in [3.05, 3.63) is 23.1 Å². The molecule has 1 aliphatic rings. The van der Waals surface area contributed by atoms with Crippen molar-refractivity contribution in [2.75, 3.05) is 0 Å². The molecule has 3 aromatic rings. The lowest BCUT2D eigenvalue weighted by atomic mass is 9.72. The van der Waals surface area contributed by atoms with Crippen LogP contribution in [0.5, 0.6) is 0 Å². The molecule has 0 saturated carbocycles. The van der Waals surface area contributed by atoms with Gasteiger partial charge in [0.15, 0.2) is 5.65 Å². The summed E-state index contributed by atoms with van der Waals surface area (Å²) >= 11 is 1.85. The fraction of sp³-hybridized carbons (Fsp3) is 0.533. The minimum absolute atomic E-state index is 0.380. The number of fused-ring (bicyclic) bond motifs is 5. The Bertz CT molecular complexity index is 793. The zero-order chi connectivity index (χ0) is 13.9. The van der Waals surface area contributed by atoms with Gasteiger partial charge >= 0.3 is 0 Å². The van der Waals surface area contributed by atoms with Gasteiger partial charge in [0.1, 0.15) is 17.5 Å². The lowest BCUT2D eigenvalue weighted by molar-refractivity contribution is 0.218. The monoisotopic (exact) mass is 286 g/mol. The van der Waals surface area contributed by atoms with E-state index < -0.39 is 0 Å². The van der Waals surface area contributed by atoms with Gasteiger partial charge in [-0.05, 0) is 36.2 Å². The third kappa shape index (κ3) is 1.69. The van der Waals surface area contributed by atoms with Gasteiger partial charge in [-0.15, -0.1) is 21.5 Å². The molecule has 0 fully saturated rings. The summed E-state index contributed by atoms with van der Waals surface area (Å²) in [5.74, 6) is 0.761. The third-order valence-electron chi connectivity index (χ3n) is 4.57. The number of thiophene rings is 1. The van der Waals surface area contributed by atoms with Gasteiger partial charge in [-0.2, -0.15) is 0 Å². The van der Waals surface area contributed by atoms with Crippen LogP contribution < -0.4 is 0 Å². The summed E-state index contributed by atoms with van der Waals surface area (Å²) in [4.78, 5) is 7.20. The average molecular weight is 286 g/mol. The predicted octanol–water partition coefficient (Wildman–Crippen LogP) is 3.49. The van der Waals surface area contributed by atoms with Gasteiger partial charge < -0.3 is 0 Å². The van der Waals surface area contributed by atoms with Crippen LogP contribution in [0, 0.1) is 11.3 Å². The maximum absolute atomic E-state index is 4.58. The lowest BCUT2D eigenvalue weighted by Crippen LogP contribution is -2.26. The van der Waals surface area contributed by atoms with E-state index in [2.05, 4.69) is 36.0 Å². The highest BCUT2D eigenvalue weighted by Crippen LogP contribution is 2.43. The second kappa shape index (κ2) is 4.01. The van der Waals surface area contributed by atoms with Crippen LogP contribution in [0.3, 0.4) is 0 Å². The van der Waals surface area contributed by atoms with Gasteiger partial charge in [-0.25, -0.2) is 4.98 Å². The van der Waals surface area contributed by atoms with Crippen LogP contribution in [-0.2, 0) is 12.8 Å². The van der Waals surface area contributed by atoms with Gasteiger partial charge in [0, 0.05) is 4.88 Å². The summed E-state index contributed by atoms with van der Waals surface area (Å²) in [6, 6.07) is 0. The van der Waals surface area contributed by atoms with Crippen molar-refractivity contribution in [2.24, 2.45) is 11.3 Å². The summed E-state index contributed by atoms with van der Waals surface area (Å²) in [5.41, 5.74) is 2.81. The number of aromatic nitrogens is 4. The smallest absolute Gasteiger partial charge is 0.172 e. The van der Waals surface area contributed by atoms with Gasteiger partial charge in [0.05, 0.1) is 5.39 Å². The van der Waals surface area contributed by atoms with Crippen molar-refractivity contribution >= 4 is 27.2 Å². The van der Waals surface area contributed by atoms with Gasteiger partial charge in [0.2, 0.25) is 0 Å². The SMILES string of the molecule is CC(C)(C)[C@@H]1CCc2c(sc3ncn4cnnc4c23)C1. The largest absolute Gasteiger partial charge is 0.271 e. The number of aryl methyl sites for hydroxylation is 1. The summed E-state index contributed by atoms with van der Waals surface area (Å²) in [6.07, 6.45) is 7.14.